The SMILES string of the molecule is NC1=NC2(CCCCC2)N(c2ccccc2-c2cc(F)cc(F)c2)C(N)=N1. The number of rotatable bonds is 2. The third-order valence-electron chi connectivity index (χ3n) is 5.17. The van der Waals surface area contributed by atoms with Crippen LogP contribution < -0.4 is 16.4 Å². The Bertz CT molecular complexity index is 911. The van der Waals surface area contributed by atoms with E-state index in [-0.39, 0.29) is 11.9 Å². The van der Waals surface area contributed by atoms with Crippen LogP contribution in [0.5, 0.6) is 0 Å². The molecule has 1 heterocycles. The molecule has 4 rings (SSSR count). The van der Waals surface area contributed by atoms with Gasteiger partial charge in [-0.15, -0.1) is 0 Å². The largest absolute Gasteiger partial charge is 0.369 e. The Labute approximate surface area is 156 Å². The minimum atomic E-state index is -0.630. The van der Waals surface area contributed by atoms with Gasteiger partial charge in [0.05, 0.1) is 5.69 Å². The highest BCUT2D eigenvalue weighted by molar-refractivity contribution is 6.07. The Hall–Kier alpha value is -2.96. The number of guanidine groups is 2. The van der Waals surface area contributed by atoms with E-state index in [9.17, 15) is 8.78 Å². The molecule has 2 aliphatic rings. The molecule has 27 heavy (non-hydrogen) atoms. The van der Waals surface area contributed by atoms with E-state index in [1.165, 1.54) is 12.1 Å². The summed E-state index contributed by atoms with van der Waals surface area (Å²) in [5.41, 5.74) is 13.4. The second kappa shape index (κ2) is 6.64. The molecule has 0 unspecified atom stereocenters. The number of para-hydroxylation sites is 1. The fourth-order valence-electron chi connectivity index (χ4n) is 4.09. The summed E-state index contributed by atoms with van der Waals surface area (Å²) in [6.45, 7) is 0. The van der Waals surface area contributed by atoms with Gasteiger partial charge in [-0.2, -0.15) is 4.99 Å². The summed E-state index contributed by atoms with van der Waals surface area (Å²) < 4.78 is 27.6. The predicted molar refractivity (Wildman–Crippen MR) is 103 cm³/mol. The van der Waals surface area contributed by atoms with Crippen molar-refractivity contribution >= 4 is 17.6 Å². The molecule has 2 aromatic carbocycles. The molecule has 4 N–H and O–H groups in total. The smallest absolute Gasteiger partial charge is 0.220 e. The van der Waals surface area contributed by atoms with Crippen molar-refractivity contribution in [2.45, 2.75) is 37.8 Å². The highest BCUT2D eigenvalue weighted by Crippen LogP contribution is 2.42. The maximum Gasteiger partial charge on any atom is 0.220 e. The van der Waals surface area contributed by atoms with Gasteiger partial charge in [-0.05, 0) is 49.4 Å². The molecular weight excluding hydrogens is 348 g/mol. The van der Waals surface area contributed by atoms with Gasteiger partial charge >= 0.3 is 0 Å². The van der Waals surface area contributed by atoms with Gasteiger partial charge in [0.1, 0.15) is 17.3 Å². The van der Waals surface area contributed by atoms with Crippen LogP contribution in [0.1, 0.15) is 32.1 Å². The van der Waals surface area contributed by atoms with Crippen molar-refractivity contribution in [1.29, 1.82) is 0 Å². The lowest BCUT2D eigenvalue weighted by molar-refractivity contribution is 0.305. The van der Waals surface area contributed by atoms with E-state index < -0.39 is 17.3 Å². The number of nitrogens with two attached hydrogens (primary N) is 2. The summed E-state index contributed by atoms with van der Waals surface area (Å²) >= 11 is 0. The van der Waals surface area contributed by atoms with Crippen LogP contribution in [-0.2, 0) is 0 Å². The zero-order valence-corrected chi connectivity index (χ0v) is 14.8. The van der Waals surface area contributed by atoms with Crippen molar-refractivity contribution in [3.63, 3.8) is 0 Å². The zero-order chi connectivity index (χ0) is 19.0. The van der Waals surface area contributed by atoms with Gasteiger partial charge in [-0.1, -0.05) is 24.6 Å². The van der Waals surface area contributed by atoms with Crippen molar-refractivity contribution in [1.82, 2.24) is 0 Å². The minimum Gasteiger partial charge on any atom is -0.369 e. The van der Waals surface area contributed by atoms with Crippen molar-refractivity contribution < 1.29 is 8.78 Å². The van der Waals surface area contributed by atoms with Gasteiger partial charge in [0.15, 0.2) is 0 Å². The average Bonchev–Trinajstić information content (AvgIpc) is 2.61. The highest BCUT2D eigenvalue weighted by atomic mass is 19.1. The Kier molecular flexibility index (Phi) is 4.30. The third kappa shape index (κ3) is 3.13. The first-order valence-electron chi connectivity index (χ1n) is 9.04. The Morgan fingerprint density at radius 1 is 0.926 bits per heavy atom. The number of anilines is 1. The van der Waals surface area contributed by atoms with E-state index in [4.69, 9.17) is 11.5 Å². The van der Waals surface area contributed by atoms with Crippen molar-refractivity contribution in [2.75, 3.05) is 4.90 Å². The van der Waals surface area contributed by atoms with E-state index in [0.29, 0.717) is 16.8 Å². The van der Waals surface area contributed by atoms with Gasteiger partial charge in [0, 0.05) is 11.6 Å². The van der Waals surface area contributed by atoms with Crippen molar-refractivity contribution in [3.05, 3.63) is 54.1 Å². The van der Waals surface area contributed by atoms with Crippen LogP contribution in [0.4, 0.5) is 14.5 Å². The lowest BCUT2D eigenvalue weighted by atomic mass is 9.86. The number of nitrogens with zero attached hydrogens (tertiary/aromatic N) is 3. The standard InChI is InChI=1S/C20H21F2N5/c21-14-10-13(11-15(22)12-14)16-6-2-3-7-17(16)27-19(24)25-18(23)26-20(27)8-4-1-5-9-20/h2-3,6-7,10-12H,1,4-5,8-9H2,(H4,23,24,25,26). The first-order valence-corrected chi connectivity index (χ1v) is 9.04. The third-order valence-corrected chi connectivity index (χ3v) is 5.17. The second-order valence-corrected chi connectivity index (χ2v) is 6.99. The number of hydrogen-bond donors (Lipinski definition) is 2. The zero-order valence-electron chi connectivity index (χ0n) is 14.8. The highest BCUT2D eigenvalue weighted by Gasteiger charge is 2.43. The molecule has 0 saturated heterocycles. The summed E-state index contributed by atoms with van der Waals surface area (Å²) in [5, 5.41) is 0. The van der Waals surface area contributed by atoms with E-state index in [1.807, 2.05) is 29.2 Å². The van der Waals surface area contributed by atoms with Gasteiger partial charge in [0.25, 0.3) is 0 Å². The van der Waals surface area contributed by atoms with Crippen LogP contribution in [0.15, 0.2) is 52.4 Å². The molecule has 5 nitrogen and oxygen atoms in total. The molecule has 1 saturated carbocycles. The van der Waals surface area contributed by atoms with E-state index in [0.717, 1.165) is 38.2 Å². The van der Waals surface area contributed by atoms with Crippen LogP contribution in [0, 0.1) is 11.6 Å². The van der Waals surface area contributed by atoms with E-state index >= 15 is 0 Å². The molecule has 140 valence electrons. The van der Waals surface area contributed by atoms with Crippen LogP contribution in [0.3, 0.4) is 0 Å². The Morgan fingerprint density at radius 3 is 2.30 bits per heavy atom. The van der Waals surface area contributed by atoms with Gasteiger partial charge in [0.2, 0.25) is 11.9 Å². The maximum atomic E-state index is 13.8. The van der Waals surface area contributed by atoms with Gasteiger partial charge in [-0.25, -0.2) is 13.8 Å². The maximum absolute atomic E-state index is 13.8. The molecule has 1 aliphatic heterocycles. The average molecular weight is 369 g/mol. The Morgan fingerprint density at radius 2 is 1.59 bits per heavy atom. The summed E-state index contributed by atoms with van der Waals surface area (Å²) in [6, 6.07) is 10.8. The fourth-order valence-corrected chi connectivity index (χ4v) is 4.09. The fraction of sp³-hybridized carbons (Fsp3) is 0.300. The summed E-state index contributed by atoms with van der Waals surface area (Å²) in [6.07, 6.45) is 4.69. The monoisotopic (exact) mass is 369 g/mol. The number of benzene rings is 2. The molecule has 0 aromatic heterocycles. The molecule has 0 atom stereocenters. The van der Waals surface area contributed by atoms with Crippen molar-refractivity contribution in [3.8, 4) is 11.1 Å². The molecule has 2 aromatic rings. The van der Waals surface area contributed by atoms with Crippen LogP contribution in [0.2, 0.25) is 0 Å². The number of aliphatic imine (C=N–C) groups is 2. The van der Waals surface area contributed by atoms with Crippen molar-refractivity contribution in [2.24, 2.45) is 21.5 Å². The number of hydrogen-bond acceptors (Lipinski definition) is 5. The van der Waals surface area contributed by atoms with E-state index in [2.05, 4.69) is 9.98 Å². The first kappa shape index (κ1) is 17.5. The number of halogens is 2. The molecule has 0 radical (unpaired) electrons. The normalized spacial score (nSPS) is 19.0. The van der Waals surface area contributed by atoms with Gasteiger partial charge < -0.3 is 11.5 Å². The first-order chi connectivity index (χ1) is 13.0. The summed E-state index contributed by atoms with van der Waals surface area (Å²) in [5.74, 6) is -0.849. The van der Waals surface area contributed by atoms with Gasteiger partial charge in [-0.3, -0.25) is 4.90 Å². The summed E-state index contributed by atoms with van der Waals surface area (Å²) in [4.78, 5) is 10.7. The predicted octanol–water partition coefficient (Wildman–Crippen LogP) is 3.74. The second-order valence-electron chi connectivity index (χ2n) is 6.99. The quantitative estimate of drug-likeness (QED) is 0.846. The lowest BCUT2D eigenvalue weighted by Crippen LogP contribution is -2.58. The van der Waals surface area contributed by atoms with E-state index in [1.54, 1.807) is 0 Å². The topological polar surface area (TPSA) is 80.0 Å². The summed E-state index contributed by atoms with van der Waals surface area (Å²) in [7, 11) is 0. The molecule has 0 bridgehead atoms. The molecule has 1 fully saturated rings. The molecule has 1 spiro atoms. The molecule has 1 aliphatic carbocycles. The Balaban J connectivity index is 1.89. The van der Waals surface area contributed by atoms with Crippen LogP contribution in [-0.4, -0.2) is 17.6 Å². The van der Waals surface area contributed by atoms with Crippen LogP contribution in [0.25, 0.3) is 11.1 Å². The molecule has 0 amide bonds. The lowest BCUT2D eigenvalue weighted by Gasteiger charge is -2.46. The molecule has 7 heteroatoms. The minimum absolute atomic E-state index is 0.167. The molecular formula is C20H21F2N5. The van der Waals surface area contributed by atoms with Crippen LogP contribution >= 0.6 is 0 Å².